The Morgan fingerprint density at radius 2 is 1.68 bits per heavy atom. The Morgan fingerprint density at radius 3 is 2.37 bits per heavy atom. The highest BCUT2D eigenvalue weighted by Crippen LogP contribution is 2.19. The molecule has 0 saturated heterocycles. The minimum absolute atomic E-state index is 0.210. The lowest BCUT2D eigenvalue weighted by molar-refractivity contribution is 0.0784. The van der Waals surface area contributed by atoms with E-state index >= 15 is 0 Å². The first-order valence-electron chi connectivity index (χ1n) is 13.1. The normalized spacial score (nSPS) is 12.5. The number of thiazole rings is 1. The van der Waals surface area contributed by atoms with Gasteiger partial charge in [-0.3, -0.25) is 9.59 Å². The summed E-state index contributed by atoms with van der Waals surface area (Å²) in [5, 5.41) is 21.2. The van der Waals surface area contributed by atoms with Crippen molar-refractivity contribution in [3.8, 4) is 0 Å². The fourth-order valence-electron chi connectivity index (χ4n) is 4.39. The smallest absolute Gasteiger partial charge is 0.253 e. The van der Waals surface area contributed by atoms with Gasteiger partial charge in [-0.2, -0.15) is 0 Å². The number of aliphatic hydroxyl groups excluding tert-OH is 1. The summed E-state index contributed by atoms with van der Waals surface area (Å²) in [6.07, 6.45) is -0.473. The molecule has 2 atom stereocenters. The maximum absolute atomic E-state index is 13.4. The first-order valence-corrected chi connectivity index (χ1v) is 14.8. The minimum Gasteiger partial charge on any atom is -0.390 e. The number of aryl methyl sites for hydroxylation is 1. The van der Waals surface area contributed by atoms with Crippen LogP contribution in [0.25, 0.3) is 0 Å². The predicted octanol–water partition coefficient (Wildman–Crippen LogP) is 5.52. The van der Waals surface area contributed by atoms with Crippen molar-refractivity contribution in [2.45, 2.75) is 38.6 Å². The largest absolute Gasteiger partial charge is 0.390 e. The molecule has 10 heteroatoms. The molecule has 0 radical (unpaired) electrons. The van der Waals surface area contributed by atoms with Crippen LogP contribution >= 0.6 is 34.5 Å². The summed E-state index contributed by atoms with van der Waals surface area (Å²) in [5.74, 6) is -0.585. The number of carbonyl (C=O) groups is 2. The topological polar surface area (TPSA) is 94.6 Å². The SMILES string of the molecule is Cc1csc(CN(C)C(=O)c2cccc(C(=O)N[C@@H](Cc3ccccc3)[C@H](O)CNCc3cc(Cl)cc(Cl)c3)c2)n1. The van der Waals surface area contributed by atoms with Crippen molar-refractivity contribution in [1.29, 1.82) is 0 Å². The maximum atomic E-state index is 13.4. The second-order valence-corrected chi connectivity index (χ2v) is 11.7. The molecule has 41 heavy (non-hydrogen) atoms. The molecule has 0 fully saturated rings. The van der Waals surface area contributed by atoms with Gasteiger partial charge in [-0.15, -0.1) is 11.3 Å². The Labute approximate surface area is 254 Å². The second kappa shape index (κ2) is 14.6. The molecule has 1 aromatic heterocycles. The number of aromatic nitrogens is 1. The molecule has 4 aromatic rings. The van der Waals surface area contributed by atoms with Crippen molar-refractivity contribution in [2.75, 3.05) is 13.6 Å². The van der Waals surface area contributed by atoms with Gasteiger partial charge < -0.3 is 20.6 Å². The molecule has 3 aromatic carbocycles. The molecule has 0 aliphatic carbocycles. The number of nitrogens with zero attached hydrogens (tertiary/aromatic N) is 2. The first-order chi connectivity index (χ1) is 19.7. The van der Waals surface area contributed by atoms with Crippen LogP contribution in [0.1, 0.15) is 42.5 Å². The Balaban J connectivity index is 1.43. The monoisotopic (exact) mass is 610 g/mol. The van der Waals surface area contributed by atoms with E-state index in [4.69, 9.17) is 23.2 Å². The molecule has 0 unspecified atom stereocenters. The lowest BCUT2D eigenvalue weighted by Gasteiger charge is -2.25. The van der Waals surface area contributed by atoms with E-state index in [-0.39, 0.29) is 18.4 Å². The summed E-state index contributed by atoms with van der Waals surface area (Å²) in [4.78, 5) is 32.4. The third kappa shape index (κ3) is 9.11. The molecular formula is C31H32Cl2N4O3S. The van der Waals surface area contributed by atoms with Crippen molar-refractivity contribution in [3.05, 3.63) is 121 Å². The Kier molecular flexibility index (Phi) is 10.9. The quantitative estimate of drug-likeness (QED) is 0.196. The molecule has 0 aliphatic rings. The molecular weight excluding hydrogens is 579 g/mol. The van der Waals surface area contributed by atoms with Gasteiger partial charge in [0.1, 0.15) is 5.01 Å². The molecule has 3 N–H and O–H groups in total. The zero-order valence-corrected chi connectivity index (χ0v) is 25.1. The van der Waals surface area contributed by atoms with Crippen molar-refractivity contribution in [1.82, 2.24) is 20.5 Å². The number of benzene rings is 3. The molecule has 0 bridgehead atoms. The van der Waals surface area contributed by atoms with Gasteiger partial charge in [-0.05, 0) is 60.9 Å². The van der Waals surface area contributed by atoms with Crippen LogP contribution in [0.4, 0.5) is 0 Å². The molecule has 0 spiro atoms. The predicted molar refractivity (Wildman–Crippen MR) is 165 cm³/mol. The molecule has 0 aliphatic heterocycles. The van der Waals surface area contributed by atoms with Gasteiger partial charge in [0.05, 0.1) is 18.7 Å². The van der Waals surface area contributed by atoms with Gasteiger partial charge in [-0.25, -0.2) is 4.98 Å². The number of amides is 2. The summed E-state index contributed by atoms with van der Waals surface area (Å²) in [5.41, 5.74) is 3.51. The van der Waals surface area contributed by atoms with Crippen LogP contribution in [0.5, 0.6) is 0 Å². The number of aliphatic hydroxyl groups is 1. The van der Waals surface area contributed by atoms with Crippen molar-refractivity contribution in [3.63, 3.8) is 0 Å². The summed E-state index contributed by atoms with van der Waals surface area (Å²) < 4.78 is 0. The highest BCUT2D eigenvalue weighted by atomic mass is 35.5. The number of rotatable bonds is 12. The van der Waals surface area contributed by atoms with Crippen LogP contribution in [-0.4, -0.2) is 52.5 Å². The van der Waals surface area contributed by atoms with Gasteiger partial charge in [0.2, 0.25) is 0 Å². The van der Waals surface area contributed by atoms with E-state index < -0.39 is 12.1 Å². The van der Waals surface area contributed by atoms with E-state index in [2.05, 4.69) is 15.6 Å². The van der Waals surface area contributed by atoms with Crippen LogP contribution in [0.2, 0.25) is 10.0 Å². The van der Waals surface area contributed by atoms with Gasteiger partial charge in [-0.1, -0.05) is 59.6 Å². The van der Waals surface area contributed by atoms with Crippen LogP contribution in [0, 0.1) is 6.92 Å². The van der Waals surface area contributed by atoms with E-state index in [0.717, 1.165) is 21.8 Å². The summed E-state index contributed by atoms with van der Waals surface area (Å²) in [7, 11) is 1.71. The standard InChI is InChI=1S/C31H32Cl2N4O3S/c1-20-19-41-29(35-20)18-37(2)31(40)24-10-6-9-23(14-24)30(39)36-27(13-21-7-4-3-5-8-21)28(38)17-34-16-22-11-25(32)15-26(33)12-22/h3-12,14-15,19,27-28,34,38H,13,16-18H2,1-2H3,(H,36,39)/t27-,28+/m0/s1. The molecule has 0 saturated carbocycles. The van der Waals surface area contributed by atoms with Crippen LogP contribution in [0.15, 0.2) is 78.2 Å². The van der Waals surface area contributed by atoms with Crippen molar-refractivity contribution in [2.24, 2.45) is 0 Å². The second-order valence-electron chi connectivity index (χ2n) is 9.87. The van der Waals surface area contributed by atoms with E-state index in [0.29, 0.717) is 40.7 Å². The van der Waals surface area contributed by atoms with Gasteiger partial charge in [0, 0.05) is 52.4 Å². The van der Waals surface area contributed by atoms with E-state index in [9.17, 15) is 14.7 Å². The zero-order valence-electron chi connectivity index (χ0n) is 22.8. The fourth-order valence-corrected chi connectivity index (χ4v) is 5.78. The van der Waals surface area contributed by atoms with Gasteiger partial charge in [0.25, 0.3) is 11.8 Å². The minimum atomic E-state index is -0.897. The van der Waals surface area contributed by atoms with Crippen molar-refractivity contribution < 1.29 is 14.7 Å². The molecule has 2 amide bonds. The Hall–Kier alpha value is -3.27. The van der Waals surface area contributed by atoms with Crippen LogP contribution < -0.4 is 10.6 Å². The summed E-state index contributed by atoms with van der Waals surface area (Å²) in [6, 6.07) is 20.9. The fraction of sp³-hybridized carbons (Fsp3) is 0.258. The number of hydrogen-bond donors (Lipinski definition) is 3. The average molecular weight is 612 g/mol. The first kappa shape index (κ1) is 30.7. The van der Waals surface area contributed by atoms with Gasteiger partial charge >= 0.3 is 0 Å². The number of halogens is 2. The lowest BCUT2D eigenvalue weighted by atomic mass is 10.00. The molecule has 214 valence electrons. The van der Waals surface area contributed by atoms with Gasteiger partial charge in [0.15, 0.2) is 0 Å². The van der Waals surface area contributed by atoms with Crippen LogP contribution in [0.3, 0.4) is 0 Å². The molecule has 7 nitrogen and oxygen atoms in total. The highest BCUT2D eigenvalue weighted by molar-refractivity contribution is 7.09. The van der Waals surface area contributed by atoms with Crippen LogP contribution in [-0.2, 0) is 19.5 Å². The summed E-state index contributed by atoms with van der Waals surface area (Å²) >= 11 is 13.7. The Bertz CT molecular complexity index is 1460. The van der Waals surface area contributed by atoms with E-state index in [1.165, 1.54) is 11.3 Å². The number of hydrogen-bond acceptors (Lipinski definition) is 6. The zero-order chi connectivity index (χ0) is 29.4. The Morgan fingerprint density at radius 1 is 0.976 bits per heavy atom. The molecule has 1 heterocycles. The molecule has 4 rings (SSSR count). The van der Waals surface area contributed by atoms with Crippen molar-refractivity contribution >= 4 is 46.4 Å². The van der Waals surface area contributed by atoms with E-state index in [1.807, 2.05) is 42.6 Å². The highest BCUT2D eigenvalue weighted by Gasteiger charge is 2.23. The third-order valence-electron chi connectivity index (χ3n) is 6.44. The average Bonchev–Trinajstić information content (AvgIpc) is 3.36. The maximum Gasteiger partial charge on any atom is 0.253 e. The number of carbonyl (C=O) groups excluding carboxylic acids is 2. The summed E-state index contributed by atoms with van der Waals surface area (Å²) in [6.45, 7) is 2.97. The van der Waals surface area contributed by atoms with E-state index in [1.54, 1.807) is 54.4 Å². The lowest BCUT2D eigenvalue weighted by Crippen LogP contribution is -2.48. The third-order valence-corrected chi connectivity index (χ3v) is 7.83. The number of nitrogens with one attached hydrogen (secondary N) is 2.